The monoisotopic (exact) mass is 377 g/mol. The quantitative estimate of drug-likeness (QED) is 0.599. The summed E-state index contributed by atoms with van der Waals surface area (Å²) in [7, 11) is 0. The molecule has 2 aromatic rings. The minimum absolute atomic E-state index is 0.110. The summed E-state index contributed by atoms with van der Waals surface area (Å²) in [6.07, 6.45) is 5.47. The van der Waals surface area contributed by atoms with E-state index < -0.39 is 5.92 Å². The highest BCUT2D eigenvalue weighted by Gasteiger charge is 2.35. The molecule has 0 fully saturated rings. The van der Waals surface area contributed by atoms with Gasteiger partial charge in [-0.3, -0.25) is 14.4 Å². The second kappa shape index (κ2) is 8.96. The summed E-state index contributed by atoms with van der Waals surface area (Å²) in [4.78, 5) is 47.3. The minimum atomic E-state index is -0.613. The summed E-state index contributed by atoms with van der Waals surface area (Å²) in [5, 5.41) is 1.08. The fourth-order valence-corrected chi connectivity index (χ4v) is 3.85. The van der Waals surface area contributed by atoms with Gasteiger partial charge < -0.3 is 0 Å². The molecule has 0 radical (unpaired) electrons. The van der Waals surface area contributed by atoms with E-state index in [1.165, 1.54) is 41.8 Å². The molecule has 25 heavy (non-hydrogen) atoms. The van der Waals surface area contributed by atoms with Crippen LogP contribution in [0.15, 0.2) is 18.7 Å². The number of ketones is 2. The molecule has 0 amide bonds. The molecule has 0 aliphatic heterocycles. The molecule has 1 aliphatic carbocycles. The van der Waals surface area contributed by atoms with Gasteiger partial charge in [-0.2, -0.15) is 0 Å². The van der Waals surface area contributed by atoms with Gasteiger partial charge in [0.1, 0.15) is 6.33 Å². The molecule has 2 aromatic heterocycles. The molecule has 6 nitrogen and oxygen atoms in total. The molecule has 1 unspecified atom stereocenters. The number of rotatable bonds is 3. The summed E-state index contributed by atoms with van der Waals surface area (Å²) in [5.41, 5.74) is 1.23. The van der Waals surface area contributed by atoms with Crippen molar-refractivity contribution in [2.24, 2.45) is 5.92 Å². The van der Waals surface area contributed by atoms with E-state index in [4.69, 9.17) is 0 Å². The third-order valence-corrected chi connectivity index (χ3v) is 5.25. The molecule has 0 saturated heterocycles. The molecule has 0 N–H and O–H groups in total. The highest BCUT2D eigenvalue weighted by atomic mass is 32.2. The van der Waals surface area contributed by atoms with Gasteiger partial charge in [0.2, 0.25) is 0 Å². The Kier molecular flexibility index (Phi) is 6.95. The normalized spacial score (nSPS) is 15.8. The number of carbonyl (C=O) groups excluding carboxylic acids is 3. The second-order valence-corrected chi connectivity index (χ2v) is 8.02. The molecule has 8 heteroatoms. The molecular formula is C17H19N3O3S2. The van der Waals surface area contributed by atoms with Crippen molar-refractivity contribution >= 4 is 39.8 Å². The van der Waals surface area contributed by atoms with Gasteiger partial charge in [0.15, 0.2) is 16.7 Å². The third kappa shape index (κ3) is 5.02. The van der Waals surface area contributed by atoms with E-state index in [2.05, 4.69) is 15.0 Å². The maximum absolute atomic E-state index is 12.4. The first kappa shape index (κ1) is 19.4. The largest absolute Gasteiger partial charge is 0.293 e. The van der Waals surface area contributed by atoms with Crippen LogP contribution >= 0.6 is 23.1 Å². The highest BCUT2D eigenvalue weighted by molar-refractivity contribution is 8.13. The lowest BCUT2D eigenvalue weighted by Crippen LogP contribution is -2.29. The molecule has 0 aromatic carbocycles. The van der Waals surface area contributed by atoms with Crippen LogP contribution < -0.4 is 0 Å². The van der Waals surface area contributed by atoms with Gasteiger partial charge in [-0.15, -0.1) is 11.3 Å². The van der Waals surface area contributed by atoms with Gasteiger partial charge in [-0.25, -0.2) is 15.0 Å². The van der Waals surface area contributed by atoms with Crippen LogP contribution in [0, 0.1) is 12.8 Å². The zero-order chi connectivity index (χ0) is 18.4. The predicted molar refractivity (Wildman–Crippen MR) is 98.2 cm³/mol. The summed E-state index contributed by atoms with van der Waals surface area (Å²) < 4.78 is 0. The Morgan fingerprint density at radius 1 is 1.32 bits per heavy atom. The Balaban J connectivity index is 0.000000326. The van der Waals surface area contributed by atoms with Crippen molar-refractivity contribution in [2.45, 2.75) is 33.6 Å². The van der Waals surface area contributed by atoms with Crippen LogP contribution in [0.3, 0.4) is 0 Å². The Morgan fingerprint density at radius 3 is 2.56 bits per heavy atom. The van der Waals surface area contributed by atoms with E-state index in [9.17, 15) is 14.4 Å². The maximum atomic E-state index is 12.4. The number of fused-ring (bicyclic) bond motifs is 1. The first-order valence-electron chi connectivity index (χ1n) is 7.87. The van der Waals surface area contributed by atoms with Crippen LogP contribution in [-0.4, -0.2) is 37.4 Å². The van der Waals surface area contributed by atoms with Crippen molar-refractivity contribution in [3.8, 4) is 0 Å². The molecule has 0 spiro atoms. The predicted octanol–water partition coefficient (Wildman–Crippen LogP) is 3.16. The van der Waals surface area contributed by atoms with Crippen molar-refractivity contribution in [1.82, 2.24) is 15.0 Å². The van der Waals surface area contributed by atoms with Crippen molar-refractivity contribution < 1.29 is 14.4 Å². The molecule has 2 heterocycles. The lowest BCUT2D eigenvalue weighted by atomic mass is 9.85. The SMILES string of the molecule is CCSC(C)=O.Cc1nc2c(s1)C(=O)C(C(=O)c1cncnc1)CC2. The zero-order valence-electron chi connectivity index (χ0n) is 14.3. The number of aryl methyl sites for hydroxylation is 2. The van der Waals surface area contributed by atoms with Gasteiger partial charge in [-0.1, -0.05) is 18.7 Å². The average Bonchev–Trinajstić information content (AvgIpc) is 2.97. The van der Waals surface area contributed by atoms with E-state index in [0.717, 1.165) is 16.5 Å². The molecular weight excluding hydrogens is 358 g/mol. The number of Topliss-reactive ketones (excluding diaryl/α,β-unsaturated/α-hetero) is 2. The minimum Gasteiger partial charge on any atom is -0.293 e. The highest BCUT2D eigenvalue weighted by Crippen LogP contribution is 2.31. The Labute approximate surface area is 154 Å². The van der Waals surface area contributed by atoms with E-state index in [1.807, 2.05) is 13.8 Å². The van der Waals surface area contributed by atoms with E-state index in [1.54, 1.807) is 6.92 Å². The lowest BCUT2D eigenvalue weighted by molar-refractivity contribution is -0.109. The van der Waals surface area contributed by atoms with Gasteiger partial charge >= 0.3 is 0 Å². The van der Waals surface area contributed by atoms with E-state index in [-0.39, 0.29) is 16.7 Å². The fraction of sp³-hybridized carbons (Fsp3) is 0.412. The number of hydrogen-bond acceptors (Lipinski definition) is 8. The van der Waals surface area contributed by atoms with Crippen molar-refractivity contribution in [1.29, 1.82) is 0 Å². The van der Waals surface area contributed by atoms with Crippen molar-refractivity contribution in [3.63, 3.8) is 0 Å². The topological polar surface area (TPSA) is 89.9 Å². The van der Waals surface area contributed by atoms with E-state index in [0.29, 0.717) is 23.3 Å². The van der Waals surface area contributed by atoms with Crippen LogP contribution in [0.5, 0.6) is 0 Å². The van der Waals surface area contributed by atoms with Crippen LogP contribution in [0.25, 0.3) is 0 Å². The average molecular weight is 377 g/mol. The maximum Gasteiger partial charge on any atom is 0.185 e. The number of thioether (sulfide) groups is 1. The number of carbonyl (C=O) groups is 3. The number of thiazole rings is 1. The van der Waals surface area contributed by atoms with Gasteiger partial charge in [-0.05, 0) is 25.5 Å². The Morgan fingerprint density at radius 2 is 2.00 bits per heavy atom. The number of nitrogens with zero attached hydrogens (tertiary/aromatic N) is 3. The first-order valence-corrected chi connectivity index (χ1v) is 9.67. The standard InChI is InChI=1S/C13H11N3O2S.C4H8OS/c1-7-16-10-3-2-9(12(18)13(10)19-7)11(17)8-4-14-6-15-5-8;1-3-6-4(2)5/h4-6,9H,2-3H2,1H3;3H2,1-2H3. The van der Waals surface area contributed by atoms with E-state index >= 15 is 0 Å². The molecule has 1 aliphatic rings. The van der Waals surface area contributed by atoms with Gasteiger partial charge in [0.25, 0.3) is 0 Å². The number of aromatic nitrogens is 3. The third-order valence-electron chi connectivity index (χ3n) is 3.52. The van der Waals surface area contributed by atoms with Crippen molar-refractivity contribution in [2.75, 3.05) is 5.75 Å². The molecule has 1 atom stereocenters. The summed E-state index contributed by atoms with van der Waals surface area (Å²) in [6, 6.07) is 0. The Hall–Kier alpha value is -1.93. The first-order chi connectivity index (χ1) is 11.9. The molecule has 0 saturated carbocycles. The molecule has 0 bridgehead atoms. The number of hydrogen-bond donors (Lipinski definition) is 0. The summed E-state index contributed by atoms with van der Waals surface area (Å²) >= 11 is 2.72. The smallest absolute Gasteiger partial charge is 0.185 e. The van der Waals surface area contributed by atoms with Gasteiger partial charge in [0, 0.05) is 19.3 Å². The lowest BCUT2D eigenvalue weighted by Gasteiger charge is -2.18. The van der Waals surface area contributed by atoms with Gasteiger partial charge in [0.05, 0.1) is 27.1 Å². The van der Waals surface area contributed by atoms with Crippen LogP contribution in [0.1, 0.15) is 51.0 Å². The summed E-state index contributed by atoms with van der Waals surface area (Å²) in [6.45, 7) is 5.42. The van der Waals surface area contributed by atoms with Crippen molar-refractivity contribution in [3.05, 3.63) is 39.9 Å². The van der Waals surface area contributed by atoms with Crippen LogP contribution in [0.2, 0.25) is 0 Å². The molecule has 132 valence electrons. The van der Waals surface area contributed by atoms with Crippen LogP contribution in [-0.2, 0) is 11.2 Å². The zero-order valence-corrected chi connectivity index (χ0v) is 15.9. The second-order valence-electron chi connectivity index (χ2n) is 5.38. The van der Waals surface area contributed by atoms with Crippen LogP contribution in [0.4, 0.5) is 0 Å². The summed E-state index contributed by atoms with van der Waals surface area (Å²) in [5.74, 6) is -0.0173. The Bertz CT molecular complexity index is 775. The fourth-order valence-electron chi connectivity index (χ4n) is 2.48. The molecule has 3 rings (SSSR count).